The molecular formula is C16H17BrSi. The lowest BCUT2D eigenvalue weighted by atomic mass is 10.2. The lowest BCUT2D eigenvalue weighted by Crippen LogP contribution is -2.39. The van der Waals surface area contributed by atoms with Crippen LogP contribution in [0.4, 0.5) is 0 Å². The van der Waals surface area contributed by atoms with E-state index in [1.165, 1.54) is 10.8 Å². The highest BCUT2D eigenvalue weighted by atomic mass is 79.9. The molecule has 0 fully saturated rings. The summed E-state index contributed by atoms with van der Waals surface area (Å²) in [5.74, 6) is 0. The zero-order chi connectivity index (χ0) is 13.0. The SMILES string of the molecule is C[Si](C)(/C=C/c1ccc(Br)cc1)c1ccccc1. The number of hydrogen-bond acceptors (Lipinski definition) is 0. The Labute approximate surface area is 119 Å². The van der Waals surface area contributed by atoms with Crippen LogP contribution in [0.2, 0.25) is 13.1 Å². The van der Waals surface area contributed by atoms with Gasteiger partial charge in [0.15, 0.2) is 0 Å². The van der Waals surface area contributed by atoms with E-state index in [0.717, 1.165) is 4.47 Å². The van der Waals surface area contributed by atoms with Gasteiger partial charge in [-0.2, -0.15) is 0 Å². The maximum Gasteiger partial charge on any atom is 0.104 e. The first kappa shape index (κ1) is 13.3. The van der Waals surface area contributed by atoms with Crippen LogP contribution in [0.3, 0.4) is 0 Å². The molecule has 0 spiro atoms. The van der Waals surface area contributed by atoms with Crippen LogP contribution in [-0.4, -0.2) is 8.07 Å². The van der Waals surface area contributed by atoms with E-state index in [0.29, 0.717) is 0 Å². The minimum absolute atomic E-state index is 1.12. The monoisotopic (exact) mass is 316 g/mol. The van der Waals surface area contributed by atoms with Crippen molar-refractivity contribution in [3.05, 3.63) is 70.3 Å². The van der Waals surface area contributed by atoms with Crippen LogP contribution < -0.4 is 5.19 Å². The Morgan fingerprint density at radius 3 is 2.11 bits per heavy atom. The van der Waals surface area contributed by atoms with Crippen molar-refractivity contribution in [2.24, 2.45) is 0 Å². The molecule has 2 heteroatoms. The predicted molar refractivity (Wildman–Crippen MR) is 86.7 cm³/mol. The maximum absolute atomic E-state index is 3.46. The number of benzene rings is 2. The van der Waals surface area contributed by atoms with Crippen LogP contribution in [0.15, 0.2) is 64.8 Å². The third-order valence-corrected chi connectivity index (χ3v) is 6.43. The second-order valence-corrected chi connectivity index (χ2v) is 10.2. The Kier molecular flexibility index (Phi) is 4.20. The average Bonchev–Trinajstić information content (AvgIpc) is 2.39. The molecule has 0 saturated carbocycles. The summed E-state index contributed by atoms with van der Waals surface area (Å²) in [6, 6.07) is 19.2. The molecule has 0 unspecified atom stereocenters. The van der Waals surface area contributed by atoms with Crippen LogP contribution in [-0.2, 0) is 0 Å². The molecule has 0 radical (unpaired) electrons. The Balaban J connectivity index is 2.20. The molecule has 0 aliphatic rings. The molecule has 2 aromatic rings. The molecule has 0 aliphatic carbocycles. The molecule has 0 N–H and O–H groups in total. The summed E-state index contributed by atoms with van der Waals surface area (Å²) < 4.78 is 1.12. The topological polar surface area (TPSA) is 0 Å². The third-order valence-electron chi connectivity index (χ3n) is 3.08. The van der Waals surface area contributed by atoms with Gasteiger partial charge in [0.1, 0.15) is 8.07 Å². The molecule has 18 heavy (non-hydrogen) atoms. The third kappa shape index (κ3) is 3.44. The van der Waals surface area contributed by atoms with Gasteiger partial charge in [-0.15, -0.1) is 0 Å². The fourth-order valence-corrected chi connectivity index (χ4v) is 3.96. The zero-order valence-corrected chi connectivity index (χ0v) is 13.3. The van der Waals surface area contributed by atoms with Crippen molar-refractivity contribution in [3.8, 4) is 0 Å². The van der Waals surface area contributed by atoms with Crippen LogP contribution in [0.25, 0.3) is 6.08 Å². The van der Waals surface area contributed by atoms with E-state index in [9.17, 15) is 0 Å². The van der Waals surface area contributed by atoms with E-state index in [1.807, 2.05) is 0 Å². The van der Waals surface area contributed by atoms with Crippen LogP contribution >= 0.6 is 15.9 Å². The van der Waals surface area contributed by atoms with E-state index in [4.69, 9.17) is 0 Å². The second-order valence-electron chi connectivity index (χ2n) is 4.97. The molecule has 2 rings (SSSR count). The van der Waals surface area contributed by atoms with Gasteiger partial charge in [0, 0.05) is 4.47 Å². The largest absolute Gasteiger partial charge is 0.104 e. The Bertz CT molecular complexity index is 527. The van der Waals surface area contributed by atoms with Crippen molar-refractivity contribution in [1.29, 1.82) is 0 Å². The minimum atomic E-state index is -1.47. The van der Waals surface area contributed by atoms with Crippen LogP contribution in [0.1, 0.15) is 5.56 Å². The molecule has 0 heterocycles. The van der Waals surface area contributed by atoms with Gasteiger partial charge in [0.25, 0.3) is 0 Å². The van der Waals surface area contributed by atoms with Gasteiger partial charge in [0.05, 0.1) is 0 Å². The first-order valence-electron chi connectivity index (χ1n) is 6.08. The summed E-state index contributed by atoms with van der Waals surface area (Å²) in [7, 11) is -1.47. The summed E-state index contributed by atoms with van der Waals surface area (Å²) in [6.07, 6.45) is 2.24. The van der Waals surface area contributed by atoms with E-state index in [-0.39, 0.29) is 0 Å². The molecule has 0 saturated heterocycles. The average molecular weight is 317 g/mol. The lowest BCUT2D eigenvalue weighted by Gasteiger charge is -2.18. The fraction of sp³-hybridized carbons (Fsp3) is 0.125. The molecule has 2 aromatic carbocycles. The van der Waals surface area contributed by atoms with Crippen LogP contribution in [0, 0.1) is 0 Å². The highest BCUT2D eigenvalue weighted by Gasteiger charge is 2.18. The quantitative estimate of drug-likeness (QED) is 0.725. The number of halogens is 1. The van der Waals surface area contributed by atoms with Crippen molar-refractivity contribution in [2.75, 3.05) is 0 Å². The lowest BCUT2D eigenvalue weighted by molar-refractivity contribution is 1.61. The Hall–Kier alpha value is -1.12. The van der Waals surface area contributed by atoms with Crippen molar-refractivity contribution in [2.45, 2.75) is 13.1 Å². The van der Waals surface area contributed by atoms with Gasteiger partial charge >= 0.3 is 0 Å². The number of rotatable bonds is 3. The first-order chi connectivity index (χ1) is 8.58. The van der Waals surface area contributed by atoms with E-state index < -0.39 is 8.07 Å². The maximum atomic E-state index is 3.46. The van der Waals surface area contributed by atoms with Crippen LogP contribution in [0.5, 0.6) is 0 Å². The molecular weight excluding hydrogens is 300 g/mol. The van der Waals surface area contributed by atoms with Gasteiger partial charge < -0.3 is 0 Å². The Morgan fingerprint density at radius 1 is 0.889 bits per heavy atom. The second kappa shape index (κ2) is 5.68. The van der Waals surface area contributed by atoms with E-state index in [1.54, 1.807) is 0 Å². The summed E-state index contributed by atoms with van der Waals surface area (Å²) in [4.78, 5) is 0. The van der Waals surface area contributed by atoms with Crippen molar-refractivity contribution < 1.29 is 0 Å². The normalized spacial score (nSPS) is 11.9. The van der Waals surface area contributed by atoms with Crippen molar-refractivity contribution in [1.82, 2.24) is 0 Å². The molecule has 0 bridgehead atoms. The molecule has 0 aliphatic heterocycles. The number of hydrogen-bond donors (Lipinski definition) is 0. The molecule has 92 valence electrons. The first-order valence-corrected chi connectivity index (χ1v) is 9.95. The van der Waals surface area contributed by atoms with Crippen molar-refractivity contribution in [3.63, 3.8) is 0 Å². The van der Waals surface area contributed by atoms with E-state index in [2.05, 4.69) is 95.4 Å². The summed E-state index contributed by atoms with van der Waals surface area (Å²) in [5.41, 5.74) is 3.65. The molecule has 0 atom stereocenters. The molecule has 0 aromatic heterocycles. The highest BCUT2D eigenvalue weighted by molar-refractivity contribution is 9.10. The summed E-state index contributed by atoms with van der Waals surface area (Å²) in [5, 5.41) is 1.47. The summed E-state index contributed by atoms with van der Waals surface area (Å²) in [6.45, 7) is 4.75. The highest BCUT2D eigenvalue weighted by Crippen LogP contribution is 2.13. The van der Waals surface area contributed by atoms with Gasteiger partial charge in [-0.1, -0.05) is 88.5 Å². The van der Waals surface area contributed by atoms with Gasteiger partial charge in [-0.3, -0.25) is 0 Å². The Morgan fingerprint density at radius 2 is 1.50 bits per heavy atom. The minimum Gasteiger partial charge on any atom is -0.0897 e. The molecule has 0 nitrogen and oxygen atoms in total. The van der Waals surface area contributed by atoms with Gasteiger partial charge in [-0.25, -0.2) is 0 Å². The van der Waals surface area contributed by atoms with Crippen molar-refractivity contribution >= 4 is 35.3 Å². The zero-order valence-electron chi connectivity index (χ0n) is 10.7. The van der Waals surface area contributed by atoms with Gasteiger partial charge in [0.2, 0.25) is 0 Å². The standard InChI is InChI=1S/C16H17BrSi/c1-18(2,16-6-4-3-5-7-16)13-12-14-8-10-15(17)11-9-14/h3-13H,1-2H3/b13-12+. The molecule has 0 amide bonds. The summed E-state index contributed by atoms with van der Waals surface area (Å²) >= 11 is 3.46. The predicted octanol–water partition coefficient (Wildman–Crippen LogP) is 4.62. The smallest absolute Gasteiger partial charge is 0.0897 e. The fourth-order valence-electron chi connectivity index (χ4n) is 1.84. The van der Waals surface area contributed by atoms with E-state index >= 15 is 0 Å². The van der Waals surface area contributed by atoms with Gasteiger partial charge in [-0.05, 0) is 17.7 Å².